The smallest absolute Gasteiger partial charge is 0.137 e. The molecule has 19 heavy (non-hydrogen) atoms. The van der Waals surface area contributed by atoms with E-state index in [2.05, 4.69) is 29.0 Å². The minimum Gasteiger partial charge on any atom is -0.370 e. The third kappa shape index (κ3) is 2.82. The molecule has 2 fully saturated rings. The maximum absolute atomic E-state index is 4.73. The quantitative estimate of drug-likeness (QED) is 0.854. The third-order valence-electron chi connectivity index (χ3n) is 3.99. The summed E-state index contributed by atoms with van der Waals surface area (Å²) in [5.74, 6) is 3.94. The van der Waals surface area contributed by atoms with Crippen LogP contribution in [0, 0.1) is 19.8 Å². The normalized spacial score (nSPS) is 18.5. The van der Waals surface area contributed by atoms with Crippen LogP contribution in [0.3, 0.4) is 0 Å². The minimum atomic E-state index is 0.725. The summed E-state index contributed by atoms with van der Waals surface area (Å²) < 4.78 is 0. The Bertz CT molecular complexity index is 463. The second-order valence-corrected chi connectivity index (χ2v) is 5.93. The van der Waals surface area contributed by atoms with Gasteiger partial charge in [0.1, 0.15) is 17.5 Å². The first kappa shape index (κ1) is 12.7. The first-order valence-electron chi connectivity index (χ1n) is 7.54. The van der Waals surface area contributed by atoms with E-state index in [-0.39, 0.29) is 0 Å². The van der Waals surface area contributed by atoms with Crippen molar-refractivity contribution in [2.24, 2.45) is 5.92 Å². The molecule has 0 aromatic carbocycles. The molecule has 0 radical (unpaired) electrons. The van der Waals surface area contributed by atoms with Crippen LogP contribution in [0.2, 0.25) is 0 Å². The molecule has 3 rings (SSSR count). The number of aryl methyl sites for hydroxylation is 1. The number of hydrogen-bond acceptors (Lipinski definition) is 4. The molecule has 1 N–H and O–H groups in total. The van der Waals surface area contributed by atoms with Crippen molar-refractivity contribution in [2.45, 2.75) is 52.5 Å². The van der Waals surface area contributed by atoms with Gasteiger partial charge in [-0.15, -0.1) is 0 Å². The van der Waals surface area contributed by atoms with Gasteiger partial charge in [-0.2, -0.15) is 0 Å². The molecule has 4 nitrogen and oxygen atoms in total. The molecular weight excluding hydrogens is 236 g/mol. The predicted molar refractivity (Wildman–Crippen MR) is 78.8 cm³/mol. The van der Waals surface area contributed by atoms with Crippen LogP contribution in [0.4, 0.5) is 11.6 Å². The summed E-state index contributed by atoms with van der Waals surface area (Å²) in [6.45, 7) is 8.34. The molecule has 0 atom stereocenters. The van der Waals surface area contributed by atoms with Crippen molar-refractivity contribution in [3.05, 3.63) is 11.4 Å². The van der Waals surface area contributed by atoms with E-state index in [9.17, 15) is 0 Å². The maximum atomic E-state index is 4.73. The fourth-order valence-electron chi connectivity index (χ4n) is 2.61. The Balaban J connectivity index is 1.91. The van der Waals surface area contributed by atoms with Crippen LogP contribution >= 0.6 is 0 Å². The Hall–Kier alpha value is -1.32. The lowest BCUT2D eigenvalue weighted by molar-refractivity contribution is 0.703. The summed E-state index contributed by atoms with van der Waals surface area (Å²) in [5.41, 5.74) is 1.21. The zero-order valence-corrected chi connectivity index (χ0v) is 12.2. The summed E-state index contributed by atoms with van der Waals surface area (Å²) >= 11 is 0. The van der Waals surface area contributed by atoms with E-state index in [1.807, 2.05) is 6.92 Å². The molecule has 0 unspecified atom stereocenters. The van der Waals surface area contributed by atoms with Gasteiger partial charge >= 0.3 is 0 Å². The number of hydrogen-bond donors (Lipinski definition) is 1. The molecule has 2 aliphatic carbocycles. The maximum Gasteiger partial charge on any atom is 0.137 e. The monoisotopic (exact) mass is 260 g/mol. The van der Waals surface area contributed by atoms with Gasteiger partial charge in [-0.25, -0.2) is 9.97 Å². The lowest BCUT2D eigenvalue weighted by Gasteiger charge is -2.26. The summed E-state index contributed by atoms with van der Waals surface area (Å²) in [6, 6.07) is 0.725. The van der Waals surface area contributed by atoms with Gasteiger partial charge < -0.3 is 10.2 Å². The van der Waals surface area contributed by atoms with Crippen LogP contribution in [0.1, 0.15) is 44.0 Å². The summed E-state index contributed by atoms with van der Waals surface area (Å²) in [4.78, 5) is 11.8. The molecule has 1 aromatic heterocycles. The number of nitrogens with zero attached hydrogens (tertiary/aromatic N) is 3. The van der Waals surface area contributed by atoms with Crippen LogP contribution in [-0.2, 0) is 0 Å². The topological polar surface area (TPSA) is 41.1 Å². The van der Waals surface area contributed by atoms with Gasteiger partial charge in [-0.3, -0.25) is 0 Å². The van der Waals surface area contributed by atoms with Crippen LogP contribution in [0.15, 0.2) is 0 Å². The van der Waals surface area contributed by atoms with Gasteiger partial charge in [0, 0.05) is 24.7 Å². The van der Waals surface area contributed by atoms with Gasteiger partial charge in [0.2, 0.25) is 0 Å². The molecule has 104 valence electrons. The summed E-state index contributed by atoms with van der Waals surface area (Å²) in [5, 5.41) is 3.36. The standard InChI is InChI=1S/C15H24N4/c1-4-16-14-10(2)15(18-11(3)17-14)19(13-7-8-13)9-12-5-6-12/h12-13H,4-9H2,1-3H3,(H,16,17,18). The van der Waals surface area contributed by atoms with Gasteiger partial charge in [0.05, 0.1) is 0 Å². The highest BCUT2D eigenvalue weighted by molar-refractivity contribution is 5.59. The lowest BCUT2D eigenvalue weighted by atomic mass is 10.2. The molecule has 0 saturated heterocycles. The Kier molecular flexibility index (Phi) is 3.33. The van der Waals surface area contributed by atoms with Crippen molar-refractivity contribution >= 4 is 11.6 Å². The highest BCUT2D eigenvalue weighted by atomic mass is 15.3. The SMILES string of the molecule is CCNc1nc(C)nc(N(CC2CC2)C2CC2)c1C. The second-order valence-electron chi connectivity index (χ2n) is 5.93. The average molecular weight is 260 g/mol. The molecule has 0 amide bonds. The molecule has 1 aromatic rings. The first-order chi connectivity index (χ1) is 9.19. The molecule has 0 bridgehead atoms. The number of rotatable bonds is 6. The highest BCUT2D eigenvalue weighted by Gasteiger charge is 2.35. The minimum absolute atomic E-state index is 0.725. The Labute approximate surface area is 115 Å². The molecule has 4 heteroatoms. The van der Waals surface area contributed by atoms with Crippen molar-refractivity contribution < 1.29 is 0 Å². The van der Waals surface area contributed by atoms with E-state index < -0.39 is 0 Å². The third-order valence-corrected chi connectivity index (χ3v) is 3.99. The van der Waals surface area contributed by atoms with Crippen molar-refractivity contribution in [1.82, 2.24) is 9.97 Å². The van der Waals surface area contributed by atoms with Gasteiger partial charge in [-0.05, 0) is 52.4 Å². The zero-order valence-electron chi connectivity index (χ0n) is 12.2. The Morgan fingerprint density at radius 2 is 1.89 bits per heavy atom. The van der Waals surface area contributed by atoms with Gasteiger partial charge in [-0.1, -0.05) is 0 Å². The highest BCUT2D eigenvalue weighted by Crippen LogP contribution is 2.38. The molecule has 1 heterocycles. The van der Waals surface area contributed by atoms with E-state index in [0.717, 1.165) is 36.0 Å². The number of nitrogens with one attached hydrogen (secondary N) is 1. The molecule has 0 aliphatic heterocycles. The fourth-order valence-corrected chi connectivity index (χ4v) is 2.61. The summed E-state index contributed by atoms with van der Waals surface area (Å²) in [6.07, 6.45) is 5.44. The van der Waals surface area contributed by atoms with Crippen molar-refractivity contribution in [3.63, 3.8) is 0 Å². The number of aromatic nitrogens is 2. The van der Waals surface area contributed by atoms with E-state index in [1.165, 1.54) is 37.8 Å². The van der Waals surface area contributed by atoms with Crippen LogP contribution in [0.5, 0.6) is 0 Å². The fraction of sp³-hybridized carbons (Fsp3) is 0.733. The molecule has 2 saturated carbocycles. The van der Waals surface area contributed by atoms with Crippen molar-refractivity contribution in [2.75, 3.05) is 23.3 Å². The van der Waals surface area contributed by atoms with Crippen LogP contribution < -0.4 is 10.2 Å². The molecule has 2 aliphatic rings. The Morgan fingerprint density at radius 3 is 2.47 bits per heavy atom. The Morgan fingerprint density at radius 1 is 1.16 bits per heavy atom. The molecular formula is C15H24N4. The van der Waals surface area contributed by atoms with E-state index >= 15 is 0 Å². The zero-order chi connectivity index (χ0) is 13.4. The predicted octanol–water partition coefficient (Wildman–Crippen LogP) is 2.90. The number of anilines is 2. The van der Waals surface area contributed by atoms with E-state index in [1.54, 1.807) is 0 Å². The molecule has 0 spiro atoms. The van der Waals surface area contributed by atoms with Crippen LogP contribution in [-0.4, -0.2) is 29.1 Å². The average Bonchev–Trinajstić information content (AvgIpc) is 3.25. The summed E-state index contributed by atoms with van der Waals surface area (Å²) in [7, 11) is 0. The van der Waals surface area contributed by atoms with Crippen molar-refractivity contribution in [3.8, 4) is 0 Å². The van der Waals surface area contributed by atoms with Crippen molar-refractivity contribution in [1.29, 1.82) is 0 Å². The first-order valence-corrected chi connectivity index (χ1v) is 7.54. The largest absolute Gasteiger partial charge is 0.370 e. The van der Waals surface area contributed by atoms with Gasteiger partial charge in [0.25, 0.3) is 0 Å². The van der Waals surface area contributed by atoms with E-state index in [0.29, 0.717) is 0 Å². The van der Waals surface area contributed by atoms with Crippen LogP contribution in [0.25, 0.3) is 0 Å². The lowest BCUT2D eigenvalue weighted by Crippen LogP contribution is -2.30. The van der Waals surface area contributed by atoms with Gasteiger partial charge in [0.15, 0.2) is 0 Å². The van der Waals surface area contributed by atoms with E-state index in [4.69, 9.17) is 4.98 Å². The second kappa shape index (κ2) is 4.99.